The molecule has 3 aromatic carbocycles. The Morgan fingerprint density at radius 1 is 0.912 bits per heavy atom. The summed E-state index contributed by atoms with van der Waals surface area (Å²) in [6.07, 6.45) is 7.83. The minimum absolute atomic E-state index is 0.0265. The normalized spacial score (nSPS) is 13.1. The fraction of sp³-hybridized carbons (Fsp3) is 0.233. The van der Waals surface area contributed by atoms with Gasteiger partial charge in [0.25, 0.3) is 0 Å². The molecule has 0 fully saturated rings. The SMILES string of the molecule is CN(CCC=C1c2ccccc2C=Cc2ccccc21)C(CCO)C(=O)NCc1ccccc1. The van der Waals surface area contributed by atoms with Crippen LogP contribution in [0, 0.1) is 0 Å². The van der Waals surface area contributed by atoms with E-state index in [2.05, 4.69) is 72.1 Å². The van der Waals surface area contributed by atoms with Crippen molar-refractivity contribution in [2.45, 2.75) is 25.4 Å². The Morgan fingerprint density at radius 2 is 1.50 bits per heavy atom. The molecular formula is C30H32N2O2. The average molecular weight is 453 g/mol. The van der Waals surface area contributed by atoms with E-state index in [4.69, 9.17) is 0 Å². The Kier molecular flexibility index (Phi) is 8.08. The lowest BCUT2D eigenvalue weighted by molar-refractivity contribution is -0.126. The summed E-state index contributed by atoms with van der Waals surface area (Å²) in [5.74, 6) is -0.0533. The summed E-state index contributed by atoms with van der Waals surface area (Å²) < 4.78 is 0. The first-order valence-electron chi connectivity index (χ1n) is 11.9. The second-order valence-corrected chi connectivity index (χ2v) is 8.63. The number of aliphatic hydroxyl groups excluding tert-OH is 1. The van der Waals surface area contributed by atoms with Gasteiger partial charge in [-0.15, -0.1) is 0 Å². The molecule has 0 aliphatic heterocycles. The van der Waals surface area contributed by atoms with E-state index >= 15 is 0 Å². The van der Waals surface area contributed by atoms with Gasteiger partial charge in [-0.3, -0.25) is 9.69 Å². The second kappa shape index (κ2) is 11.6. The highest BCUT2D eigenvalue weighted by Gasteiger charge is 2.22. The molecule has 34 heavy (non-hydrogen) atoms. The molecule has 0 spiro atoms. The number of carbonyl (C=O) groups excluding carboxylic acids is 1. The van der Waals surface area contributed by atoms with Crippen LogP contribution in [0.15, 0.2) is 84.9 Å². The van der Waals surface area contributed by atoms with Crippen molar-refractivity contribution in [3.05, 3.63) is 113 Å². The van der Waals surface area contributed by atoms with Crippen LogP contribution in [0.25, 0.3) is 17.7 Å². The summed E-state index contributed by atoms with van der Waals surface area (Å²) in [5.41, 5.74) is 7.13. The lowest BCUT2D eigenvalue weighted by Crippen LogP contribution is -2.45. The topological polar surface area (TPSA) is 52.6 Å². The van der Waals surface area contributed by atoms with Crippen molar-refractivity contribution in [1.29, 1.82) is 0 Å². The summed E-state index contributed by atoms with van der Waals surface area (Å²) in [4.78, 5) is 14.9. The van der Waals surface area contributed by atoms with Gasteiger partial charge in [-0.2, -0.15) is 0 Å². The van der Waals surface area contributed by atoms with Gasteiger partial charge in [-0.25, -0.2) is 0 Å². The predicted molar refractivity (Wildman–Crippen MR) is 140 cm³/mol. The summed E-state index contributed by atoms with van der Waals surface area (Å²) in [6.45, 7) is 1.17. The molecule has 174 valence electrons. The number of hydrogen-bond acceptors (Lipinski definition) is 3. The first kappa shape index (κ1) is 23.7. The third-order valence-electron chi connectivity index (χ3n) is 6.32. The van der Waals surface area contributed by atoms with E-state index in [0.29, 0.717) is 19.5 Å². The van der Waals surface area contributed by atoms with Gasteiger partial charge in [-0.05, 0) is 53.3 Å². The van der Waals surface area contributed by atoms with Crippen LogP contribution >= 0.6 is 0 Å². The van der Waals surface area contributed by atoms with Crippen LogP contribution in [0.2, 0.25) is 0 Å². The predicted octanol–water partition coefficient (Wildman–Crippen LogP) is 4.99. The van der Waals surface area contributed by atoms with Gasteiger partial charge in [0, 0.05) is 19.7 Å². The maximum absolute atomic E-state index is 12.9. The first-order chi connectivity index (χ1) is 16.7. The Bertz CT molecular complexity index is 1120. The van der Waals surface area contributed by atoms with Crippen molar-refractivity contribution < 1.29 is 9.90 Å². The molecule has 4 heteroatoms. The highest BCUT2D eigenvalue weighted by Crippen LogP contribution is 2.33. The van der Waals surface area contributed by atoms with Gasteiger partial charge in [0.1, 0.15) is 0 Å². The van der Waals surface area contributed by atoms with E-state index in [1.807, 2.05) is 42.3 Å². The Labute approximate surface area is 202 Å². The Hall–Kier alpha value is -3.47. The van der Waals surface area contributed by atoms with Gasteiger partial charge in [0.05, 0.1) is 6.04 Å². The summed E-state index contributed by atoms with van der Waals surface area (Å²) >= 11 is 0. The zero-order chi connectivity index (χ0) is 23.8. The molecule has 1 aliphatic rings. The highest BCUT2D eigenvalue weighted by molar-refractivity contribution is 5.93. The monoisotopic (exact) mass is 452 g/mol. The smallest absolute Gasteiger partial charge is 0.237 e. The van der Waals surface area contributed by atoms with Crippen LogP contribution in [0.5, 0.6) is 0 Å². The first-order valence-corrected chi connectivity index (χ1v) is 11.9. The molecule has 0 heterocycles. The lowest BCUT2D eigenvalue weighted by atomic mass is 9.93. The molecule has 1 amide bonds. The standard InChI is InChI=1S/C30H32N2O2/c1-32(29(19-21-33)30(34)31-22-23-10-3-2-4-11-23)20-9-16-28-26-14-7-5-12-24(26)17-18-25-13-6-8-15-27(25)28/h2-8,10-18,29,33H,9,19-22H2,1H3,(H,31,34). The molecule has 0 radical (unpaired) electrons. The van der Waals surface area contributed by atoms with E-state index < -0.39 is 0 Å². The van der Waals surface area contributed by atoms with Crippen molar-refractivity contribution in [2.24, 2.45) is 0 Å². The van der Waals surface area contributed by atoms with Crippen molar-refractivity contribution in [3.8, 4) is 0 Å². The van der Waals surface area contributed by atoms with E-state index in [1.54, 1.807) is 0 Å². The lowest BCUT2D eigenvalue weighted by Gasteiger charge is -2.26. The van der Waals surface area contributed by atoms with Crippen LogP contribution < -0.4 is 5.32 Å². The number of hydrogen-bond donors (Lipinski definition) is 2. The molecular weight excluding hydrogens is 420 g/mol. The van der Waals surface area contributed by atoms with E-state index in [-0.39, 0.29) is 18.6 Å². The minimum Gasteiger partial charge on any atom is -0.396 e. The number of nitrogens with one attached hydrogen (secondary N) is 1. The molecule has 0 aromatic heterocycles. The molecule has 0 bridgehead atoms. The van der Waals surface area contributed by atoms with Crippen molar-refractivity contribution in [2.75, 3.05) is 20.2 Å². The number of likely N-dealkylation sites (N-methyl/N-ethyl adjacent to an activating group) is 1. The van der Waals surface area contributed by atoms with Gasteiger partial charge >= 0.3 is 0 Å². The van der Waals surface area contributed by atoms with Crippen molar-refractivity contribution >= 4 is 23.6 Å². The maximum Gasteiger partial charge on any atom is 0.237 e. The molecule has 4 nitrogen and oxygen atoms in total. The quantitative estimate of drug-likeness (QED) is 0.376. The molecule has 4 rings (SSSR count). The largest absolute Gasteiger partial charge is 0.396 e. The third-order valence-corrected chi connectivity index (χ3v) is 6.32. The number of aliphatic hydroxyl groups is 1. The van der Waals surface area contributed by atoms with Crippen molar-refractivity contribution in [3.63, 3.8) is 0 Å². The maximum atomic E-state index is 12.9. The average Bonchev–Trinajstić information content (AvgIpc) is 3.03. The number of rotatable bonds is 9. The van der Waals surface area contributed by atoms with Crippen LogP contribution in [-0.2, 0) is 11.3 Å². The number of benzene rings is 3. The van der Waals surface area contributed by atoms with Crippen LogP contribution in [-0.4, -0.2) is 42.2 Å². The van der Waals surface area contributed by atoms with Crippen molar-refractivity contribution in [1.82, 2.24) is 10.2 Å². The summed E-state index contributed by atoms with van der Waals surface area (Å²) in [5, 5.41) is 12.6. The number of fused-ring (bicyclic) bond motifs is 2. The van der Waals surface area contributed by atoms with Crippen LogP contribution in [0.3, 0.4) is 0 Å². The Morgan fingerprint density at radius 3 is 2.12 bits per heavy atom. The molecule has 3 aromatic rings. The van der Waals surface area contributed by atoms with Gasteiger partial charge in [0.15, 0.2) is 0 Å². The highest BCUT2D eigenvalue weighted by atomic mass is 16.3. The minimum atomic E-state index is -0.373. The Balaban J connectivity index is 1.47. The summed E-state index contributed by atoms with van der Waals surface area (Å²) in [7, 11) is 1.96. The molecule has 1 aliphatic carbocycles. The van der Waals surface area contributed by atoms with Gasteiger partial charge < -0.3 is 10.4 Å². The zero-order valence-corrected chi connectivity index (χ0v) is 19.7. The molecule has 0 saturated carbocycles. The van der Waals surface area contributed by atoms with Gasteiger partial charge in [-0.1, -0.05) is 97.1 Å². The fourth-order valence-electron chi connectivity index (χ4n) is 4.46. The third kappa shape index (κ3) is 5.71. The van der Waals surface area contributed by atoms with E-state index in [0.717, 1.165) is 12.0 Å². The molecule has 1 unspecified atom stereocenters. The molecule has 0 saturated heterocycles. The second-order valence-electron chi connectivity index (χ2n) is 8.63. The number of amides is 1. The molecule has 2 N–H and O–H groups in total. The fourth-order valence-corrected chi connectivity index (χ4v) is 4.46. The summed E-state index contributed by atoms with van der Waals surface area (Å²) in [6, 6.07) is 26.4. The van der Waals surface area contributed by atoms with E-state index in [1.165, 1.54) is 27.8 Å². The number of nitrogens with zero attached hydrogens (tertiary/aromatic N) is 1. The van der Waals surface area contributed by atoms with E-state index in [9.17, 15) is 9.90 Å². The van der Waals surface area contributed by atoms with Gasteiger partial charge in [0.2, 0.25) is 5.91 Å². The van der Waals surface area contributed by atoms with Crippen LogP contribution in [0.4, 0.5) is 0 Å². The number of carbonyl (C=O) groups is 1. The molecule has 1 atom stereocenters. The zero-order valence-electron chi connectivity index (χ0n) is 19.7. The van der Waals surface area contributed by atoms with Crippen LogP contribution in [0.1, 0.15) is 40.7 Å².